The third kappa shape index (κ3) is 4.03. The van der Waals surface area contributed by atoms with Gasteiger partial charge in [-0.3, -0.25) is 4.79 Å². The lowest BCUT2D eigenvalue weighted by Crippen LogP contribution is -2.16. The fourth-order valence-electron chi connectivity index (χ4n) is 3.05. The Balaban J connectivity index is 1.73. The van der Waals surface area contributed by atoms with Crippen molar-refractivity contribution in [3.8, 4) is 10.4 Å². The average Bonchev–Trinajstić information content (AvgIpc) is 3.42. The molecule has 1 aromatic carbocycles. The molecule has 0 unspecified atom stereocenters. The van der Waals surface area contributed by atoms with Crippen LogP contribution in [0.3, 0.4) is 0 Å². The average molecular weight is 430 g/mol. The van der Waals surface area contributed by atoms with Crippen molar-refractivity contribution < 1.29 is 18.7 Å². The van der Waals surface area contributed by atoms with Gasteiger partial charge < -0.3 is 16.2 Å². The van der Waals surface area contributed by atoms with Crippen molar-refractivity contribution >= 4 is 28.1 Å². The molecule has 6 nitrogen and oxygen atoms in total. The highest BCUT2D eigenvalue weighted by Crippen LogP contribution is 2.41. The molecule has 4 N–H and O–H groups in total. The minimum Gasteiger partial charge on any atom is -0.386 e. The van der Waals surface area contributed by atoms with Gasteiger partial charge in [0.05, 0.1) is 16.7 Å². The first-order chi connectivity index (χ1) is 14.1. The second-order valence-corrected chi connectivity index (χ2v) is 8.84. The number of primary amides is 1. The first-order valence-corrected chi connectivity index (χ1v) is 10.2. The van der Waals surface area contributed by atoms with Gasteiger partial charge in [-0.1, -0.05) is 0 Å². The zero-order valence-corrected chi connectivity index (χ0v) is 17.2. The molecule has 0 bridgehead atoms. The van der Waals surface area contributed by atoms with E-state index in [-0.39, 0.29) is 21.6 Å². The van der Waals surface area contributed by atoms with E-state index in [0.717, 1.165) is 42.1 Å². The zero-order chi connectivity index (χ0) is 21.6. The molecule has 2 heterocycles. The van der Waals surface area contributed by atoms with Crippen LogP contribution in [0.25, 0.3) is 10.4 Å². The van der Waals surface area contributed by atoms with Gasteiger partial charge in [0.2, 0.25) is 0 Å². The number of aromatic nitrogens is 2. The van der Waals surface area contributed by atoms with Gasteiger partial charge in [0.25, 0.3) is 5.91 Å². The minimum absolute atomic E-state index is 0.104. The summed E-state index contributed by atoms with van der Waals surface area (Å²) in [5.41, 5.74) is 4.01. The molecular formula is C21H20F2N4O2S. The SMILES string of the molecule is CC(C)(O)c1cc(F)c(-c2cc(C(N)=O)c(Nc3ccnc(C4CC4)n3)s2)c(F)c1. The Hall–Kier alpha value is -2.91. The molecule has 4 rings (SSSR count). The molecule has 0 radical (unpaired) electrons. The van der Waals surface area contributed by atoms with Crippen LogP contribution in [0.1, 0.15) is 54.4 Å². The normalized spacial score (nSPS) is 14.0. The largest absolute Gasteiger partial charge is 0.386 e. The summed E-state index contributed by atoms with van der Waals surface area (Å²) in [7, 11) is 0. The summed E-state index contributed by atoms with van der Waals surface area (Å²) >= 11 is 0.992. The summed E-state index contributed by atoms with van der Waals surface area (Å²) < 4.78 is 29.5. The molecule has 0 saturated heterocycles. The quantitative estimate of drug-likeness (QED) is 0.537. The van der Waals surface area contributed by atoms with Crippen LogP contribution in [0.5, 0.6) is 0 Å². The van der Waals surface area contributed by atoms with Crippen molar-refractivity contribution in [2.45, 2.75) is 38.2 Å². The topological polar surface area (TPSA) is 101 Å². The summed E-state index contributed by atoms with van der Waals surface area (Å²) in [4.78, 5) is 20.8. The lowest BCUT2D eigenvalue weighted by atomic mass is 9.96. The third-order valence-corrected chi connectivity index (χ3v) is 5.92. The molecule has 30 heavy (non-hydrogen) atoms. The number of anilines is 2. The summed E-state index contributed by atoms with van der Waals surface area (Å²) in [5.74, 6) is -0.870. The minimum atomic E-state index is -1.40. The number of halogens is 2. The number of carbonyl (C=O) groups is 1. The Morgan fingerprint density at radius 1 is 1.27 bits per heavy atom. The molecule has 1 aliphatic carbocycles. The monoisotopic (exact) mass is 430 g/mol. The fourth-order valence-corrected chi connectivity index (χ4v) is 4.17. The number of thiophene rings is 1. The standard InChI is InChI=1S/C21H20F2N4O2S/c1-21(2,29)11-7-13(22)17(14(23)8-11)15-9-12(18(24)28)20(30-15)27-16-5-6-25-19(26-16)10-3-4-10/h5-10,29H,3-4H2,1-2H3,(H2,24,28)(H,25,26,27). The summed E-state index contributed by atoms with van der Waals surface area (Å²) in [6.45, 7) is 2.88. The van der Waals surface area contributed by atoms with E-state index in [9.17, 15) is 18.7 Å². The maximum atomic E-state index is 14.7. The van der Waals surface area contributed by atoms with Crippen molar-refractivity contribution in [3.63, 3.8) is 0 Å². The highest BCUT2D eigenvalue weighted by atomic mass is 32.1. The van der Waals surface area contributed by atoms with Crippen LogP contribution in [0.15, 0.2) is 30.5 Å². The Morgan fingerprint density at radius 2 is 1.93 bits per heavy atom. The van der Waals surface area contributed by atoms with Crippen molar-refractivity contribution in [2.24, 2.45) is 5.73 Å². The molecule has 1 fully saturated rings. The van der Waals surface area contributed by atoms with Crippen LogP contribution >= 0.6 is 11.3 Å². The predicted molar refractivity (Wildman–Crippen MR) is 111 cm³/mol. The number of nitrogens with one attached hydrogen (secondary N) is 1. The van der Waals surface area contributed by atoms with E-state index >= 15 is 0 Å². The maximum Gasteiger partial charge on any atom is 0.251 e. The van der Waals surface area contributed by atoms with Crippen molar-refractivity contribution in [2.75, 3.05) is 5.32 Å². The first-order valence-electron chi connectivity index (χ1n) is 9.39. The number of carbonyl (C=O) groups excluding carboxylic acids is 1. The van der Waals surface area contributed by atoms with Gasteiger partial charge in [0, 0.05) is 17.0 Å². The fraction of sp³-hybridized carbons (Fsp3) is 0.286. The molecule has 1 amide bonds. The molecule has 156 valence electrons. The molecule has 2 aromatic heterocycles. The van der Waals surface area contributed by atoms with E-state index < -0.39 is 23.1 Å². The second-order valence-electron chi connectivity index (χ2n) is 7.79. The van der Waals surface area contributed by atoms with Gasteiger partial charge in [-0.2, -0.15) is 0 Å². The molecule has 9 heteroatoms. The number of amides is 1. The molecule has 0 spiro atoms. The smallest absolute Gasteiger partial charge is 0.251 e. The number of hydrogen-bond donors (Lipinski definition) is 3. The van der Waals surface area contributed by atoms with E-state index in [1.165, 1.54) is 19.9 Å². The number of nitrogens with zero attached hydrogens (tertiary/aromatic N) is 2. The van der Waals surface area contributed by atoms with E-state index in [2.05, 4.69) is 15.3 Å². The Kier molecular flexibility index (Phi) is 5.03. The molecule has 0 aliphatic heterocycles. The van der Waals surface area contributed by atoms with Crippen LogP contribution in [-0.4, -0.2) is 21.0 Å². The number of benzene rings is 1. The lowest BCUT2D eigenvalue weighted by molar-refractivity contribution is 0.0778. The van der Waals surface area contributed by atoms with Crippen LogP contribution in [0.2, 0.25) is 0 Å². The first kappa shape index (κ1) is 20.4. The number of hydrogen-bond acceptors (Lipinski definition) is 6. The summed E-state index contributed by atoms with van der Waals surface area (Å²) in [6.07, 6.45) is 3.70. The van der Waals surface area contributed by atoms with Crippen molar-refractivity contribution in [1.82, 2.24) is 9.97 Å². The maximum absolute atomic E-state index is 14.7. The van der Waals surface area contributed by atoms with E-state index in [0.29, 0.717) is 16.7 Å². The van der Waals surface area contributed by atoms with Crippen LogP contribution in [-0.2, 0) is 5.60 Å². The van der Waals surface area contributed by atoms with Gasteiger partial charge in [-0.05, 0) is 56.5 Å². The van der Waals surface area contributed by atoms with Gasteiger partial charge in [0.1, 0.15) is 28.3 Å². The molecule has 3 aromatic rings. The molecular weight excluding hydrogens is 410 g/mol. The van der Waals surface area contributed by atoms with Gasteiger partial charge in [-0.25, -0.2) is 18.7 Å². The lowest BCUT2D eigenvalue weighted by Gasteiger charge is -2.18. The molecule has 1 aliphatic rings. The van der Waals surface area contributed by atoms with Crippen molar-refractivity contribution in [3.05, 3.63) is 59.0 Å². The summed E-state index contributed by atoms with van der Waals surface area (Å²) in [5, 5.41) is 13.4. The number of rotatable bonds is 6. The zero-order valence-electron chi connectivity index (χ0n) is 16.4. The van der Waals surface area contributed by atoms with Crippen LogP contribution in [0.4, 0.5) is 19.6 Å². The Morgan fingerprint density at radius 3 is 2.50 bits per heavy atom. The molecule has 1 saturated carbocycles. The van der Waals surface area contributed by atoms with E-state index in [1.807, 2.05) is 0 Å². The van der Waals surface area contributed by atoms with E-state index in [4.69, 9.17) is 5.73 Å². The van der Waals surface area contributed by atoms with Crippen LogP contribution < -0.4 is 11.1 Å². The Bertz CT molecular complexity index is 1110. The Labute approximate surface area is 175 Å². The number of nitrogens with two attached hydrogens (primary N) is 1. The van der Waals surface area contributed by atoms with Crippen LogP contribution in [0, 0.1) is 11.6 Å². The highest BCUT2D eigenvalue weighted by Gasteiger charge is 2.27. The highest BCUT2D eigenvalue weighted by molar-refractivity contribution is 7.20. The van der Waals surface area contributed by atoms with Gasteiger partial charge in [-0.15, -0.1) is 11.3 Å². The predicted octanol–water partition coefficient (Wildman–Crippen LogP) is 4.43. The number of aliphatic hydroxyl groups is 1. The second kappa shape index (κ2) is 7.41. The van der Waals surface area contributed by atoms with E-state index in [1.54, 1.807) is 12.3 Å². The van der Waals surface area contributed by atoms with Gasteiger partial charge >= 0.3 is 0 Å². The van der Waals surface area contributed by atoms with Crippen molar-refractivity contribution in [1.29, 1.82) is 0 Å². The van der Waals surface area contributed by atoms with Gasteiger partial charge in [0.15, 0.2) is 0 Å². The summed E-state index contributed by atoms with van der Waals surface area (Å²) in [6, 6.07) is 5.17. The molecule has 0 atom stereocenters. The third-order valence-electron chi connectivity index (χ3n) is 4.85.